The predicted molar refractivity (Wildman–Crippen MR) is 81.5 cm³/mol. The van der Waals surface area contributed by atoms with Crippen molar-refractivity contribution >= 4 is 6.08 Å². The summed E-state index contributed by atoms with van der Waals surface area (Å²) in [7, 11) is 0. The van der Waals surface area contributed by atoms with Gasteiger partial charge in [0, 0.05) is 19.3 Å². The van der Waals surface area contributed by atoms with Gasteiger partial charge in [-0.1, -0.05) is 24.3 Å². The van der Waals surface area contributed by atoms with Crippen molar-refractivity contribution in [2.45, 2.75) is 44.5 Å². The van der Waals surface area contributed by atoms with E-state index in [1.54, 1.807) is 0 Å². The third-order valence-corrected chi connectivity index (χ3v) is 4.35. The molecule has 112 valence electrons. The maximum atomic E-state index is 5.46. The van der Waals surface area contributed by atoms with E-state index in [0.717, 1.165) is 39.1 Å². The van der Waals surface area contributed by atoms with Crippen LogP contribution in [0.4, 0.5) is 0 Å². The molecule has 3 atom stereocenters. The second-order valence-corrected chi connectivity index (χ2v) is 6.30. The zero-order chi connectivity index (χ0) is 14.2. The van der Waals surface area contributed by atoms with Gasteiger partial charge in [0.15, 0.2) is 0 Å². The van der Waals surface area contributed by atoms with Crippen molar-refractivity contribution in [2.24, 2.45) is 0 Å². The monoisotopic (exact) mass is 286 g/mol. The van der Waals surface area contributed by atoms with Gasteiger partial charge in [-0.15, -0.1) is 0 Å². The summed E-state index contributed by atoms with van der Waals surface area (Å²) in [5.41, 5.74) is 5.67. The lowest BCUT2D eigenvalue weighted by Gasteiger charge is -2.15. The van der Waals surface area contributed by atoms with E-state index in [9.17, 15) is 0 Å². The van der Waals surface area contributed by atoms with Crippen LogP contribution in [-0.4, -0.2) is 38.1 Å². The zero-order valence-electron chi connectivity index (χ0n) is 12.5. The van der Waals surface area contributed by atoms with E-state index in [-0.39, 0.29) is 0 Å². The largest absolute Gasteiger partial charge is 0.373 e. The lowest BCUT2D eigenvalue weighted by atomic mass is 9.89. The fourth-order valence-electron chi connectivity index (χ4n) is 3.02. The van der Waals surface area contributed by atoms with Crippen LogP contribution >= 0.6 is 0 Å². The molecule has 0 spiro atoms. The van der Waals surface area contributed by atoms with Gasteiger partial charge in [-0.25, -0.2) is 0 Å². The summed E-state index contributed by atoms with van der Waals surface area (Å²) in [4.78, 5) is 0. The summed E-state index contributed by atoms with van der Waals surface area (Å²) >= 11 is 0. The molecule has 3 aliphatic heterocycles. The molecule has 0 saturated carbocycles. The predicted octanol–water partition coefficient (Wildman–Crippen LogP) is 2.54. The molecule has 3 aliphatic rings. The van der Waals surface area contributed by atoms with Gasteiger partial charge < -0.3 is 14.2 Å². The Bertz CT molecular complexity index is 517. The molecule has 0 radical (unpaired) electrons. The molecule has 3 unspecified atom stereocenters. The second-order valence-electron chi connectivity index (χ2n) is 6.30. The number of hydrogen-bond donors (Lipinski definition) is 0. The van der Waals surface area contributed by atoms with Gasteiger partial charge in [0.05, 0.1) is 38.1 Å². The Morgan fingerprint density at radius 1 is 0.905 bits per heavy atom. The average Bonchev–Trinajstić information content (AvgIpc) is 3.31. The van der Waals surface area contributed by atoms with Crippen LogP contribution in [0.15, 0.2) is 18.2 Å². The molecule has 3 heteroatoms. The van der Waals surface area contributed by atoms with Gasteiger partial charge in [0.25, 0.3) is 0 Å². The van der Waals surface area contributed by atoms with E-state index < -0.39 is 0 Å². The van der Waals surface area contributed by atoms with Crippen LogP contribution in [0, 0.1) is 0 Å². The minimum absolute atomic E-state index is 0.426. The first-order valence-electron chi connectivity index (χ1n) is 7.94. The Hall–Kier alpha value is -1.16. The number of hydrogen-bond acceptors (Lipinski definition) is 3. The van der Waals surface area contributed by atoms with Gasteiger partial charge >= 0.3 is 0 Å². The number of allylic oxidation sites excluding steroid dienone is 1. The Morgan fingerprint density at radius 3 is 1.81 bits per heavy atom. The topological polar surface area (TPSA) is 37.6 Å². The first kappa shape index (κ1) is 13.5. The molecule has 0 aliphatic carbocycles. The number of rotatable bonds is 7. The van der Waals surface area contributed by atoms with Crippen LogP contribution in [-0.2, 0) is 33.5 Å². The van der Waals surface area contributed by atoms with E-state index >= 15 is 0 Å². The van der Waals surface area contributed by atoms with Crippen LogP contribution < -0.4 is 0 Å². The Balaban J connectivity index is 1.69. The summed E-state index contributed by atoms with van der Waals surface area (Å²) in [5.74, 6) is 0. The Labute approximate surface area is 125 Å². The highest BCUT2D eigenvalue weighted by atomic mass is 16.6. The molecule has 3 saturated heterocycles. The second kappa shape index (κ2) is 5.56. The molecule has 0 aromatic heterocycles. The molecule has 0 amide bonds. The van der Waals surface area contributed by atoms with Crippen molar-refractivity contribution in [2.75, 3.05) is 19.8 Å². The molecule has 0 N–H and O–H groups in total. The minimum Gasteiger partial charge on any atom is -0.373 e. The first-order chi connectivity index (χ1) is 10.3. The molecule has 4 rings (SSSR count). The van der Waals surface area contributed by atoms with Crippen molar-refractivity contribution in [3.63, 3.8) is 0 Å². The maximum Gasteiger partial charge on any atom is 0.0850 e. The van der Waals surface area contributed by atoms with Crippen molar-refractivity contribution in [1.29, 1.82) is 0 Å². The molecule has 1 aromatic carbocycles. The molecule has 3 nitrogen and oxygen atoms in total. The third-order valence-electron chi connectivity index (χ3n) is 4.35. The molecule has 21 heavy (non-hydrogen) atoms. The fraction of sp³-hybridized carbons (Fsp3) is 0.556. The van der Waals surface area contributed by atoms with Crippen molar-refractivity contribution in [1.82, 2.24) is 0 Å². The zero-order valence-corrected chi connectivity index (χ0v) is 12.5. The van der Waals surface area contributed by atoms with Crippen LogP contribution in [0.5, 0.6) is 0 Å². The number of ether oxygens (including phenoxy) is 3. The highest BCUT2D eigenvalue weighted by Crippen LogP contribution is 2.30. The molecular formula is C18H22O3. The van der Waals surface area contributed by atoms with E-state index in [4.69, 9.17) is 14.2 Å². The fourth-order valence-corrected chi connectivity index (χ4v) is 3.02. The standard InChI is InChI=1S/C18H22O3/c1-2-3-12-4-13(6-15-9-19-15)18(8-17-11-21-17)14(5-12)7-16-10-20-16/h2-5,15-17H,6-11H2,1H3. The molecule has 3 fully saturated rings. The lowest BCUT2D eigenvalue weighted by Crippen LogP contribution is -2.09. The highest BCUT2D eigenvalue weighted by Gasteiger charge is 2.31. The van der Waals surface area contributed by atoms with E-state index in [0.29, 0.717) is 18.3 Å². The molecule has 3 heterocycles. The normalized spacial score (nSPS) is 29.9. The molecular weight excluding hydrogens is 264 g/mol. The van der Waals surface area contributed by atoms with Crippen molar-refractivity contribution < 1.29 is 14.2 Å². The van der Waals surface area contributed by atoms with Crippen LogP contribution in [0.1, 0.15) is 29.2 Å². The smallest absolute Gasteiger partial charge is 0.0850 e. The summed E-state index contributed by atoms with van der Waals surface area (Å²) in [6.45, 7) is 4.80. The van der Waals surface area contributed by atoms with E-state index in [2.05, 4.69) is 31.2 Å². The van der Waals surface area contributed by atoms with Crippen LogP contribution in [0.25, 0.3) is 6.08 Å². The summed E-state index contributed by atoms with van der Waals surface area (Å²) in [6, 6.07) is 4.66. The van der Waals surface area contributed by atoms with Crippen molar-refractivity contribution in [3.05, 3.63) is 40.5 Å². The number of benzene rings is 1. The number of epoxide rings is 3. The van der Waals surface area contributed by atoms with E-state index in [1.165, 1.54) is 22.3 Å². The SMILES string of the molecule is CC=Cc1cc(CC2CO2)c(CC2CO2)c(CC2CO2)c1. The minimum atomic E-state index is 0.426. The van der Waals surface area contributed by atoms with Gasteiger partial charge in [0.2, 0.25) is 0 Å². The highest BCUT2D eigenvalue weighted by molar-refractivity contribution is 5.55. The first-order valence-corrected chi connectivity index (χ1v) is 7.94. The third kappa shape index (κ3) is 3.54. The summed E-state index contributed by atoms with van der Waals surface area (Å²) in [6.07, 6.45) is 8.68. The van der Waals surface area contributed by atoms with Gasteiger partial charge in [-0.05, 0) is 29.2 Å². The van der Waals surface area contributed by atoms with Crippen LogP contribution in [0.3, 0.4) is 0 Å². The van der Waals surface area contributed by atoms with Gasteiger partial charge in [0.1, 0.15) is 0 Å². The van der Waals surface area contributed by atoms with Gasteiger partial charge in [-0.3, -0.25) is 0 Å². The maximum absolute atomic E-state index is 5.46. The Kier molecular flexibility index (Phi) is 3.57. The summed E-state index contributed by atoms with van der Waals surface area (Å²) in [5, 5.41) is 0. The van der Waals surface area contributed by atoms with Crippen molar-refractivity contribution in [3.8, 4) is 0 Å². The van der Waals surface area contributed by atoms with E-state index in [1.807, 2.05) is 0 Å². The Morgan fingerprint density at radius 2 is 1.38 bits per heavy atom. The molecule has 1 aromatic rings. The lowest BCUT2D eigenvalue weighted by molar-refractivity contribution is 0.398. The summed E-state index contributed by atoms with van der Waals surface area (Å²) < 4.78 is 16.4. The van der Waals surface area contributed by atoms with Gasteiger partial charge in [-0.2, -0.15) is 0 Å². The van der Waals surface area contributed by atoms with Crippen LogP contribution in [0.2, 0.25) is 0 Å². The average molecular weight is 286 g/mol. The molecule has 0 bridgehead atoms. The quantitative estimate of drug-likeness (QED) is 0.723.